The summed E-state index contributed by atoms with van der Waals surface area (Å²) >= 11 is 0. The maximum absolute atomic E-state index is 12.7. The molecule has 0 spiro atoms. The van der Waals surface area contributed by atoms with Crippen LogP contribution in [-0.4, -0.2) is 29.2 Å². The Bertz CT molecular complexity index is 642. The van der Waals surface area contributed by atoms with Gasteiger partial charge < -0.3 is 15.2 Å². The number of benzene rings is 1. The first-order chi connectivity index (χ1) is 10.9. The van der Waals surface area contributed by atoms with Gasteiger partial charge in [-0.15, -0.1) is 0 Å². The van der Waals surface area contributed by atoms with E-state index in [4.69, 9.17) is 4.74 Å². The third-order valence-electron chi connectivity index (χ3n) is 5.12. The van der Waals surface area contributed by atoms with Gasteiger partial charge in [0.05, 0.1) is 30.1 Å². The third kappa shape index (κ3) is 2.85. The quantitative estimate of drug-likeness (QED) is 0.894. The number of aryl methyl sites for hydroxylation is 2. The lowest BCUT2D eigenvalue weighted by Gasteiger charge is -2.26. The molecule has 2 fully saturated rings. The van der Waals surface area contributed by atoms with Crippen LogP contribution in [0.1, 0.15) is 42.5 Å². The van der Waals surface area contributed by atoms with E-state index in [2.05, 4.69) is 11.4 Å². The molecule has 124 valence electrons. The fraction of sp³-hybridized carbons (Fsp3) is 0.556. The van der Waals surface area contributed by atoms with E-state index in [-0.39, 0.29) is 24.2 Å². The van der Waals surface area contributed by atoms with Gasteiger partial charge in [-0.1, -0.05) is 23.8 Å². The van der Waals surface area contributed by atoms with Gasteiger partial charge in [-0.3, -0.25) is 9.59 Å². The number of nitrogens with one attached hydrogen (secondary N) is 1. The number of amides is 1. The highest BCUT2D eigenvalue weighted by atomic mass is 16.5. The summed E-state index contributed by atoms with van der Waals surface area (Å²) < 4.78 is 5.67. The zero-order valence-electron chi connectivity index (χ0n) is 13.7. The Morgan fingerprint density at radius 1 is 1.22 bits per heavy atom. The Balaban J connectivity index is 1.76. The molecule has 0 aromatic heterocycles. The van der Waals surface area contributed by atoms with Crippen LogP contribution in [0.5, 0.6) is 0 Å². The molecule has 5 heteroatoms. The molecule has 2 saturated heterocycles. The Kier molecular flexibility index (Phi) is 4.15. The van der Waals surface area contributed by atoms with Crippen LogP contribution in [0.15, 0.2) is 18.2 Å². The largest absolute Gasteiger partial charge is 0.481 e. The van der Waals surface area contributed by atoms with Crippen LogP contribution in [0.2, 0.25) is 0 Å². The van der Waals surface area contributed by atoms with Crippen LogP contribution >= 0.6 is 0 Å². The maximum Gasteiger partial charge on any atom is 0.310 e. The van der Waals surface area contributed by atoms with Crippen LogP contribution in [0.25, 0.3) is 0 Å². The van der Waals surface area contributed by atoms with Gasteiger partial charge in [0.2, 0.25) is 5.91 Å². The normalized spacial score (nSPS) is 30.2. The molecule has 0 radical (unpaired) electrons. The number of fused-ring (bicyclic) bond motifs is 2. The molecule has 3 rings (SSSR count). The SMILES string of the molecule is Cc1ccc(C)c([C@@H](C)NC(=O)[C@H]2[C@@H](C(=O)O)[C@H]3CC[C@@H]2O3)c1. The molecule has 2 heterocycles. The number of carboxylic acid groups (broad SMARTS) is 1. The Hall–Kier alpha value is -1.88. The van der Waals surface area contributed by atoms with Crippen molar-refractivity contribution in [3.63, 3.8) is 0 Å². The topological polar surface area (TPSA) is 75.6 Å². The Morgan fingerprint density at radius 2 is 1.87 bits per heavy atom. The molecule has 2 N–H and O–H groups in total. The molecular weight excluding hydrogens is 294 g/mol. The first-order valence-electron chi connectivity index (χ1n) is 8.14. The van der Waals surface area contributed by atoms with E-state index in [9.17, 15) is 14.7 Å². The summed E-state index contributed by atoms with van der Waals surface area (Å²) in [5.41, 5.74) is 3.31. The van der Waals surface area contributed by atoms with Crippen molar-refractivity contribution in [1.29, 1.82) is 0 Å². The van der Waals surface area contributed by atoms with E-state index >= 15 is 0 Å². The second kappa shape index (κ2) is 5.96. The molecule has 0 unspecified atom stereocenters. The van der Waals surface area contributed by atoms with E-state index in [1.54, 1.807) is 0 Å². The number of rotatable bonds is 4. The van der Waals surface area contributed by atoms with Gasteiger partial charge in [0.1, 0.15) is 0 Å². The predicted molar refractivity (Wildman–Crippen MR) is 85.0 cm³/mol. The van der Waals surface area contributed by atoms with Crippen molar-refractivity contribution in [2.45, 2.75) is 51.9 Å². The van der Waals surface area contributed by atoms with Crippen LogP contribution in [-0.2, 0) is 14.3 Å². The zero-order chi connectivity index (χ0) is 16.7. The fourth-order valence-electron chi connectivity index (χ4n) is 3.94. The van der Waals surface area contributed by atoms with E-state index in [0.29, 0.717) is 0 Å². The summed E-state index contributed by atoms with van der Waals surface area (Å²) in [6.45, 7) is 5.96. The van der Waals surface area contributed by atoms with Crippen molar-refractivity contribution in [2.24, 2.45) is 11.8 Å². The summed E-state index contributed by atoms with van der Waals surface area (Å²) in [5.74, 6) is -2.45. The number of ether oxygens (including phenoxy) is 1. The first-order valence-corrected chi connectivity index (χ1v) is 8.14. The minimum atomic E-state index is -0.934. The molecule has 0 aliphatic carbocycles. The standard InChI is InChI=1S/C18H23NO4/c1-9-4-5-10(2)12(8-9)11(3)19-17(20)15-13-6-7-14(23-13)16(15)18(21)22/h4-5,8,11,13-16H,6-7H2,1-3H3,(H,19,20)(H,21,22)/t11-,13+,14-,15-,16+/m1/s1. The van der Waals surface area contributed by atoms with Gasteiger partial charge in [-0.2, -0.15) is 0 Å². The van der Waals surface area contributed by atoms with E-state index in [1.807, 2.05) is 32.9 Å². The minimum Gasteiger partial charge on any atom is -0.481 e. The van der Waals surface area contributed by atoms with Crippen molar-refractivity contribution in [3.8, 4) is 0 Å². The van der Waals surface area contributed by atoms with Crippen LogP contribution in [0.3, 0.4) is 0 Å². The highest BCUT2D eigenvalue weighted by Gasteiger charge is 2.55. The molecular formula is C18H23NO4. The molecule has 23 heavy (non-hydrogen) atoms. The van der Waals surface area contributed by atoms with Crippen molar-refractivity contribution in [1.82, 2.24) is 5.32 Å². The number of carbonyl (C=O) groups excluding carboxylic acids is 1. The molecule has 1 aromatic carbocycles. The monoisotopic (exact) mass is 317 g/mol. The summed E-state index contributed by atoms with van der Waals surface area (Å²) in [7, 11) is 0. The number of carbonyl (C=O) groups is 2. The van der Waals surface area contributed by atoms with Gasteiger partial charge in [0, 0.05) is 0 Å². The summed E-state index contributed by atoms with van der Waals surface area (Å²) in [4.78, 5) is 24.2. The number of hydrogen-bond donors (Lipinski definition) is 2. The number of carboxylic acids is 1. The summed E-state index contributed by atoms with van der Waals surface area (Å²) in [6.07, 6.45) is 0.929. The molecule has 5 atom stereocenters. The highest BCUT2D eigenvalue weighted by molar-refractivity contribution is 5.86. The lowest BCUT2D eigenvalue weighted by atomic mass is 9.78. The molecule has 1 amide bonds. The lowest BCUT2D eigenvalue weighted by molar-refractivity contribution is -0.148. The minimum absolute atomic E-state index is 0.157. The van der Waals surface area contributed by atoms with Gasteiger partial charge in [-0.25, -0.2) is 0 Å². The number of aliphatic carboxylic acids is 1. The average molecular weight is 317 g/mol. The third-order valence-corrected chi connectivity index (χ3v) is 5.12. The van der Waals surface area contributed by atoms with Crippen molar-refractivity contribution >= 4 is 11.9 Å². The van der Waals surface area contributed by atoms with Gasteiger partial charge in [-0.05, 0) is 44.7 Å². The molecule has 1 aromatic rings. The van der Waals surface area contributed by atoms with Crippen molar-refractivity contribution < 1.29 is 19.4 Å². The average Bonchev–Trinajstić information content (AvgIpc) is 3.10. The van der Waals surface area contributed by atoms with Gasteiger partial charge in [0.25, 0.3) is 0 Å². The van der Waals surface area contributed by atoms with Gasteiger partial charge in [0.15, 0.2) is 0 Å². The summed E-state index contributed by atoms with van der Waals surface area (Å²) in [5, 5.41) is 12.4. The first kappa shape index (κ1) is 16.0. The smallest absolute Gasteiger partial charge is 0.310 e. The molecule has 5 nitrogen and oxygen atoms in total. The molecule has 2 bridgehead atoms. The van der Waals surface area contributed by atoms with Crippen molar-refractivity contribution in [2.75, 3.05) is 0 Å². The Morgan fingerprint density at radius 3 is 2.52 bits per heavy atom. The maximum atomic E-state index is 12.7. The van der Waals surface area contributed by atoms with E-state index < -0.39 is 17.8 Å². The lowest BCUT2D eigenvalue weighted by Crippen LogP contribution is -2.44. The van der Waals surface area contributed by atoms with E-state index in [0.717, 1.165) is 29.5 Å². The van der Waals surface area contributed by atoms with Crippen LogP contribution in [0, 0.1) is 25.7 Å². The highest BCUT2D eigenvalue weighted by Crippen LogP contribution is 2.43. The second-order valence-electron chi connectivity index (χ2n) is 6.77. The van der Waals surface area contributed by atoms with Crippen LogP contribution in [0.4, 0.5) is 0 Å². The fourth-order valence-corrected chi connectivity index (χ4v) is 3.94. The van der Waals surface area contributed by atoms with E-state index in [1.165, 1.54) is 0 Å². The van der Waals surface area contributed by atoms with Crippen LogP contribution < -0.4 is 5.32 Å². The number of hydrogen-bond acceptors (Lipinski definition) is 3. The molecule has 0 saturated carbocycles. The Labute approximate surface area is 136 Å². The second-order valence-corrected chi connectivity index (χ2v) is 6.77. The van der Waals surface area contributed by atoms with Crippen molar-refractivity contribution in [3.05, 3.63) is 34.9 Å². The van der Waals surface area contributed by atoms with Gasteiger partial charge >= 0.3 is 5.97 Å². The summed E-state index contributed by atoms with van der Waals surface area (Å²) in [6, 6.07) is 5.98. The predicted octanol–water partition coefficient (Wildman–Crippen LogP) is 2.36. The molecule has 2 aliphatic rings. The molecule has 2 aliphatic heterocycles. The zero-order valence-corrected chi connectivity index (χ0v) is 13.7.